The molecule has 1 aromatic heterocycles. The van der Waals surface area contributed by atoms with Gasteiger partial charge in [0.05, 0.1) is 0 Å². The Labute approximate surface area is 159 Å². The summed E-state index contributed by atoms with van der Waals surface area (Å²) >= 11 is 0. The summed E-state index contributed by atoms with van der Waals surface area (Å²) in [5.74, 6) is -0.151. The van der Waals surface area contributed by atoms with Crippen molar-refractivity contribution in [2.24, 2.45) is 0 Å². The lowest BCUT2D eigenvalue weighted by Crippen LogP contribution is -2.28. The van der Waals surface area contributed by atoms with Crippen molar-refractivity contribution in [2.75, 3.05) is 23.3 Å². The van der Waals surface area contributed by atoms with Gasteiger partial charge in [-0.25, -0.2) is 4.68 Å². The van der Waals surface area contributed by atoms with E-state index in [0.29, 0.717) is 6.42 Å². The van der Waals surface area contributed by atoms with Gasteiger partial charge < -0.3 is 10.2 Å². The van der Waals surface area contributed by atoms with Crippen LogP contribution >= 0.6 is 0 Å². The molecule has 27 heavy (non-hydrogen) atoms. The third-order valence-corrected chi connectivity index (χ3v) is 4.52. The molecule has 1 N–H and O–H groups in total. The largest absolute Gasteiger partial charge is 0.372 e. The Morgan fingerprint density at radius 3 is 2.37 bits per heavy atom. The van der Waals surface area contributed by atoms with E-state index in [-0.39, 0.29) is 5.91 Å². The molecule has 7 heteroatoms. The number of anilines is 2. The second-order valence-corrected chi connectivity index (χ2v) is 6.20. The highest BCUT2D eigenvalue weighted by Gasteiger charge is 2.22. The fraction of sp³-hybridized carbons (Fsp3) is 0.300. The summed E-state index contributed by atoms with van der Waals surface area (Å²) in [6, 6.07) is 17.2. The maximum atomic E-state index is 12.9. The highest BCUT2D eigenvalue weighted by molar-refractivity contribution is 5.94. The van der Waals surface area contributed by atoms with Crippen molar-refractivity contribution in [3.05, 3.63) is 66.5 Å². The van der Waals surface area contributed by atoms with Crippen LogP contribution in [0.5, 0.6) is 0 Å². The number of amides is 1. The molecule has 0 radical (unpaired) electrons. The minimum absolute atomic E-state index is 0.151. The van der Waals surface area contributed by atoms with Crippen molar-refractivity contribution < 1.29 is 4.79 Å². The van der Waals surface area contributed by atoms with Gasteiger partial charge in [0.2, 0.25) is 5.91 Å². The predicted octanol–water partition coefficient (Wildman–Crippen LogP) is 2.94. The Morgan fingerprint density at radius 1 is 1.07 bits per heavy atom. The second-order valence-electron chi connectivity index (χ2n) is 6.20. The molecule has 140 valence electrons. The van der Waals surface area contributed by atoms with E-state index in [4.69, 9.17) is 0 Å². The molecule has 0 fully saturated rings. The summed E-state index contributed by atoms with van der Waals surface area (Å²) in [5, 5.41) is 14.2. The van der Waals surface area contributed by atoms with Crippen LogP contribution in [0.15, 0.2) is 60.9 Å². The third kappa shape index (κ3) is 4.69. The average Bonchev–Trinajstić information content (AvgIpc) is 3.23. The van der Waals surface area contributed by atoms with Crippen molar-refractivity contribution in [1.82, 2.24) is 20.2 Å². The van der Waals surface area contributed by atoms with E-state index < -0.39 is 6.04 Å². The Morgan fingerprint density at radius 2 is 1.78 bits per heavy atom. The zero-order valence-electron chi connectivity index (χ0n) is 15.6. The molecule has 2 aromatic carbocycles. The van der Waals surface area contributed by atoms with Gasteiger partial charge in [-0.05, 0) is 54.1 Å². The molecular formula is C20H24N6O. The first kappa shape index (κ1) is 18.6. The number of benzene rings is 2. The first-order valence-electron chi connectivity index (χ1n) is 9.13. The van der Waals surface area contributed by atoms with Crippen LogP contribution in [0.4, 0.5) is 11.4 Å². The van der Waals surface area contributed by atoms with Gasteiger partial charge in [-0.15, -0.1) is 5.10 Å². The molecule has 3 rings (SSSR count). The van der Waals surface area contributed by atoms with Gasteiger partial charge in [-0.2, -0.15) is 0 Å². The summed E-state index contributed by atoms with van der Waals surface area (Å²) in [7, 11) is 0. The van der Waals surface area contributed by atoms with Crippen LogP contribution in [0.1, 0.15) is 25.5 Å². The zero-order valence-corrected chi connectivity index (χ0v) is 15.6. The smallest absolute Gasteiger partial charge is 0.249 e. The number of carbonyl (C=O) groups excluding carboxylic acids is 1. The van der Waals surface area contributed by atoms with E-state index in [9.17, 15) is 4.79 Å². The maximum Gasteiger partial charge on any atom is 0.249 e. The quantitative estimate of drug-likeness (QED) is 0.665. The molecule has 0 aliphatic heterocycles. The Balaban J connectivity index is 1.74. The second kappa shape index (κ2) is 8.93. The zero-order chi connectivity index (χ0) is 19.1. The van der Waals surface area contributed by atoms with Crippen LogP contribution in [0, 0.1) is 0 Å². The van der Waals surface area contributed by atoms with Crippen LogP contribution in [0.3, 0.4) is 0 Å². The summed E-state index contributed by atoms with van der Waals surface area (Å²) in [4.78, 5) is 15.2. The molecule has 0 saturated carbocycles. The van der Waals surface area contributed by atoms with Gasteiger partial charge in [0.1, 0.15) is 12.4 Å². The van der Waals surface area contributed by atoms with Gasteiger partial charge in [0.15, 0.2) is 0 Å². The molecular weight excluding hydrogens is 340 g/mol. The number of aromatic nitrogens is 4. The highest BCUT2D eigenvalue weighted by atomic mass is 16.2. The summed E-state index contributed by atoms with van der Waals surface area (Å²) in [5.41, 5.74) is 2.94. The Hall–Kier alpha value is -3.22. The van der Waals surface area contributed by atoms with Crippen LogP contribution in [0.2, 0.25) is 0 Å². The minimum atomic E-state index is -0.523. The molecule has 0 aliphatic rings. The minimum Gasteiger partial charge on any atom is -0.372 e. The van der Waals surface area contributed by atoms with Crippen molar-refractivity contribution in [3.63, 3.8) is 0 Å². The van der Waals surface area contributed by atoms with Crippen molar-refractivity contribution in [2.45, 2.75) is 26.3 Å². The number of carbonyl (C=O) groups is 1. The van der Waals surface area contributed by atoms with Crippen LogP contribution in [0.25, 0.3) is 0 Å². The molecule has 1 atom stereocenters. The molecule has 1 heterocycles. The summed E-state index contributed by atoms with van der Waals surface area (Å²) in [6.07, 6.45) is 1.98. The van der Waals surface area contributed by atoms with Crippen molar-refractivity contribution >= 4 is 17.3 Å². The lowest BCUT2D eigenvalue weighted by molar-refractivity contribution is -0.119. The van der Waals surface area contributed by atoms with Gasteiger partial charge in [-0.3, -0.25) is 4.79 Å². The first-order chi connectivity index (χ1) is 13.2. The standard InChI is InChI=1S/C20H24N6O/c1-3-25(4-2)18-12-10-17(11-13-18)22-20(27)19(26-15-21-23-24-26)14-16-8-6-5-7-9-16/h5-13,15,19H,3-4,14H2,1-2H3,(H,22,27). The monoisotopic (exact) mass is 364 g/mol. The van der Waals surface area contributed by atoms with Crippen LogP contribution < -0.4 is 10.2 Å². The Bertz CT molecular complexity index is 829. The number of nitrogens with zero attached hydrogens (tertiary/aromatic N) is 5. The van der Waals surface area contributed by atoms with Gasteiger partial charge >= 0.3 is 0 Å². The normalized spacial score (nSPS) is 11.8. The number of hydrogen-bond donors (Lipinski definition) is 1. The fourth-order valence-electron chi connectivity index (χ4n) is 3.02. The molecule has 3 aromatic rings. The molecule has 0 saturated heterocycles. The van der Waals surface area contributed by atoms with Crippen LogP contribution in [-0.2, 0) is 11.2 Å². The molecule has 0 aliphatic carbocycles. The van der Waals surface area contributed by atoms with E-state index in [1.807, 2.05) is 54.6 Å². The lowest BCUT2D eigenvalue weighted by Gasteiger charge is -2.21. The van der Waals surface area contributed by atoms with E-state index in [2.05, 4.69) is 39.6 Å². The van der Waals surface area contributed by atoms with E-state index in [1.165, 1.54) is 11.0 Å². The van der Waals surface area contributed by atoms with Gasteiger partial charge in [0.25, 0.3) is 0 Å². The summed E-state index contributed by atoms with van der Waals surface area (Å²) in [6.45, 7) is 6.14. The first-order valence-corrected chi connectivity index (χ1v) is 9.13. The highest BCUT2D eigenvalue weighted by Crippen LogP contribution is 2.20. The van der Waals surface area contributed by atoms with Crippen molar-refractivity contribution in [3.8, 4) is 0 Å². The van der Waals surface area contributed by atoms with Crippen LogP contribution in [-0.4, -0.2) is 39.2 Å². The fourth-order valence-corrected chi connectivity index (χ4v) is 3.02. The molecule has 0 bridgehead atoms. The molecule has 1 amide bonds. The van der Waals surface area contributed by atoms with E-state index >= 15 is 0 Å². The van der Waals surface area contributed by atoms with Gasteiger partial charge in [0, 0.05) is 30.9 Å². The Kier molecular flexibility index (Phi) is 6.14. The van der Waals surface area contributed by atoms with Gasteiger partial charge in [-0.1, -0.05) is 30.3 Å². The number of rotatable bonds is 8. The lowest BCUT2D eigenvalue weighted by atomic mass is 10.1. The van der Waals surface area contributed by atoms with E-state index in [1.54, 1.807) is 0 Å². The SMILES string of the molecule is CCN(CC)c1ccc(NC(=O)C(Cc2ccccc2)n2cnnn2)cc1. The summed E-state index contributed by atoms with van der Waals surface area (Å²) < 4.78 is 1.49. The predicted molar refractivity (Wildman–Crippen MR) is 106 cm³/mol. The molecule has 1 unspecified atom stereocenters. The number of tetrazole rings is 1. The maximum absolute atomic E-state index is 12.9. The number of hydrogen-bond acceptors (Lipinski definition) is 5. The van der Waals surface area contributed by atoms with Crippen molar-refractivity contribution in [1.29, 1.82) is 0 Å². The third-order valence-electron chi connectivity index (χ3n) is 4.52. The topological polar surface area (TPSA) is 75.9 Å². The molecule has 7 nitrogen and oxygen atoms in total. The number of nitrogens with one attached hydrogen (secondary N) is 1. The average molecular weight is 364 g/mol. The van der Waals surface area contributed by atoms with E-state index in [0.717, 1.165) is 30.0 Å². The molecule has 0 spiro atoms.